The highest BCUT2D eigenvalue weighted by molar-refractivity contribution is 7.98. The first-order chi connectivity index (χ1) is 7.27. The van der Waals surface area contributed by atoms with Crippen molar-refractivity contribution >= 4 is 11.8 Å². The highest BCUT2D eigenvalue weighted by Crippen LogP contribution is 2.22. The lowest BCUT2D eigenvalue weighted by molar-refractivity contribution is 0.163. The van der Waals surface area contributed by atoms with E-state index in [1.807, 2.05) is 12.1 Å². The molecule has 1 aromatic carbocycles. The topological polar surface area (TPSA) is 20.2 Å². The second kappa shape index (κ2) is 6.91. The van der Waals surface area contributed by atoms with Crippen molar-refractivity contribution in [2.45, 2.75) is 43.6 Å². The van der Waals surface area contributed by atoms with Gasteiger partial charge in [-0.3, -0.25) is 0 Å². The van der Waals surface area contributed by atoms with Gasteiger partial charge in [0.15, 0.2) is 0 Å². The molecule has 0 saturated heterocycles. The van der Waals surface area contributed by atoms with Gasteiger partial charge < -0.3 is 5.11 Å². The number of benzene rings is 1. The predicted molar refractivity (Wildman–Crippen MR) is 67.3 cm³/mol. The lowest BCUT2D eigenvalue weighted by Gasteiger charge is -2.10. The third kappa shape index (κ3) is 4.27. The van der Waals surface area contributed by atoms with Crippen LogP contribution in [0.1, 0.15) is 44.3 Å². The minimum atomic E-state index is -0.285. The fourth-order valence-electron chi connectivity index (χ4n) is 1.58. The maximum absolute atomic E-state index is 9.90. The zero-order valence-corrected chi connectivity index (χ0v) is 10.4. The van der Waals surface area contributed by atoms with Crippen LogP contribution in [-0.4, -0.2) is 11.4 Å². The van der Waals surface area contributed by atoms with E-state index in [0.717, 1.165) is 18.4 Å². The molecule has 1 atom stereocenters. The zero-order valence-electron chi connectivity index (χ0n) is 9.57. The van der Waals surface area contributed by atoms with E-state index in [4.69, 9.17) is 0 Å². The average Bonchev–Trinajstić information content (AvgIpc) is 2.29. The Labute approximate surface area is 96.9 Å². The van der Waals surface area contributed by atoms with Crippen molar-refractivity contribution < 1.29 is 5.11 Å². The van der Waals surface area contributed by atoms with Gasteiger partial charge in [0.25, 0.3) is 0 Å². The van der Waals surface area contributed by atoms with Crippen LogP contribution in [0, 0.1) is 0 Å². The normalized spacial score (nSPS) is 12.7. The van der Waals surface area contributed by atoms with Gasteiger partial charge >= 0.3 is 0 Å². The zero-order chi connectivity index (χ0) is 11.1. The van der Waals surface area contributed by atoms with Crippen molar-refractivity contribution in [3.63, 3.8) is 0 Å². The molecule has 0 bridgehead atoms. The first kappa shape index (κ1) is 12.6. The van der Waals surface area contributed by atoms with Gasteiger partial charge in [0.1, 0.15) is 0 Å². The van der Waals surface area contributed by atoms with Crippen molar-refractivity contribution in [2.24, 2.45) is 0 Å². The van der Waals surface area contributed by atoms with Crippen LogP contribution in [0.3, 0.4) is 0 Å². The van der Waals surface area contributed by atoms with Crippen molar-refractivity contribution in [3.8, 4) is 0 Å². The van der Waals surface area contributed by atoms with Crippen LogP contribution >= 0.6 is 11.8 Å². The molecule has 2 heteroatoms. The quantitative estimate of drug-likeness (QED) is 0.581. The lowest BCUT2D eigenvalue weighted by atomic mass is 10.0. The number of unbranched alkanes of at least 4 members (excludes halogenated alkanes) is 2. The van der Waals surface area contributed by atoms with Gasteiger partial charge in [0.05, 0.1) is 6.10 Å². The first-order valence-electron chi connectivity index (χ1n) is 5.60. The lowest BCUT2D eigenvalue weighted by Crippen LogP contribution is -1.96. The molecule has 0 radical (unpaired) electrons. The van der Waals surface area contributed by atoms with Crippen LogP contribution in [0.15, 0.2) is 29.2 Å². The molecular weight excluding hydrogens is 204 g/mol. The largest absolute Gasteiger partial charge is 0.388 e. The molecule has 1 aromatic rings. The Morgan fingerprint density at radius 2 is 1.87 bits per heavy atom. The molecule has 0 saturated carbocycles. The van der Waals surface area contributed by atoms with E-state index in [1.165, 1.54) is 17.7 Å². The predicted octanol–water partition coefficient (Wildman–Crippen LogP) is 4.02. The molecule has 0 aliphatic carbocycles. The van der Waals surface area contributed by atoms with E-state index < -0.39 is 0 Å². The highest BCUT2D eigenvalue weighted by atomic mass is 32.2. The van der Waals surface area contributed by atoms with Gasteiger partial charge in [-0.25, -0.2) is 0 Å². The summed E-state index contributed by atoms with van der Waals surface area (Å²) >= 11 is 1.73. The van der Waals surface area contributed by atoms with Gasteiger partial charge in [-0.1, -0.05) is 38.3 Å². The van der Waals surface area contributed by atoms with Gasteiger partial charge in [0, 0.05) is 4.90 Å². The van der Waals surface area contributed by atoms with Crippen LogP contribution < -0.4 is 0 Å². The molecule has 0 heterocycles. The Balaban J connectivity index is 2.46. The van der Waals surface area contributed by atoms with Crippen molar-refractivity contribution in [2.75, 3.05) is 6.26 Å². The summed E-state index contributed by atoms with van der Waals surface area (Å²) in [5.41, 5.74) is 1.05. The summed E-state index contributed by atoms with van der Waals surface area (Å²) < 4.78 is 0. The Hall–Kier alpha value is -0.470. The summed E-state index contributed by atoms with van der Waals surface area (Å²) in [6, 6.07) is 8.21. The second-order valence-electron chi connectivity index (χ2n) is 3.78. The standard InChI is InChI=1S/C13H20OS/c1-3-4-5-6-13(14)11-7-9-12(15-2)10-8-11/h7-10,13-14H,3-6H2,1-2H3. The number of hydrogen-bond acceptors (Lipinski definition) is 2. The molecule has 1 N–H and O–H groups in total. The van der Waals surface area contributed by atoms with Crippen molar-refractivity contribution in [1.82, 2.24) is 0 Å². The number of thioether (sulfide) groups is 1. The van der Waals surface area contributed by atoms with Gasteiger partial charge in [-0.2, -0.15) is 0 Å². The summed E-state index contributed by atoms with van der Waals surface area (Å²) in [6.45, 7) is 2.18. The van der Waals surface area contributed by atoms with Gasteiger partial charge in [0.2, 0.25) is 0 Å². The molecule has 0 fully saturated rings. The molecule has 84 valence electrons. The van der Waals surface area contributed by atoms with E-state index in [9.17, 15) is 5.11 Å². The molecule has 1 nitrogen and oxygen atoms in total. The SMILES string of the molecule is CCCCCC(O)c1ccc(SC)cc1. The van der Waals surface area contributed by atoms with Gasteiger partial charge in [-0.15, -0.1) is 11.8 Å². The first-order valence-corrected chi connectivity index (χ1v) is 6.82. The number of rotatable bonds is 6. The summed E-state index contributed by atoms with van der Waals surface area (Å²) in [5, 5.41) is 9.90. The highest BCUT2D eigenvalue weighted by Gasteiger charge is 2.06. The molecule has 0 spiro atoms. The summed E-state index contributed by atoms with van der Waals surface area (Å²) in [6.07, 6.45) is 6.19. The third-order valence-corrected chi connectivity index (χ3v) is 3.33. The van der Waals surface area contributed by atoms with E-state index in [0.29, 0.717) is 0 Å². The fourth-order valence-corrected chi connectivity index (χ4v) is 1.99. The maximum Gasteiger partial charge on any atom is 0.0790 e. The smallest absolute Gasteiger partial charge is 0.0790 e. The van der Waals surface area contributed by atoms with E-state index in [1.54, 1.807) is 11.8 Å². The minimum absolute atomic E-state index is 0.285. The van der Waals surface area contributed by atoms with Gasteiger partial charge in [-0.05, 0) is 30.4 Å². The Kier molecular flexibility index (Phi) is 5.81. The summed E-state index contributed by atoms with van der Waals surface area (Å²) in [5.74, 6) is 0. The molecule has 0 amide bonds. The van der Waals surface area contributed by atoms with E-state index >= 15 is 0 Å². The van der Waals surface area contributed by atoms with Crippen LogP contribution in [-0.2, 0) is 0 Å². The number of aliphatic hydroxyl groups is 1. The van der Waals surface area contributed by atoms with Crippen molar-refractivity contribution in [3.05, 3.63) is 29.8 Å². The molecular formula is C13H20OS. The molecule has 0 aliphatic heterocycles. The number of hydrogen-bond donors (Lipinski definition) is 1. The molecule has 0 aromatic heterocycles. The molecule has 0 aliphatic rings. The van der Waals surface area contributed by atoms with E-state index in [-0.39, 0.29) is 6.10 Å². The Morgan fingerprint density at radius 1 is 1.20 bits per heavy atom. The second-order valence-corrected chi connectivity index (χ2v) is 4.66. The van der Waals surface area contributed by atoms with Crippen LogP contribution in [0.25, 0.3) is 0 Å². The Bertz CT molecular complexity index is 268. The van der Waals surface area contributed by atoms with Crippen LogP contribution in [0.4, 0.5) is 0 Å². The monoisotopic (exact) mass is 224 g/mol. The molecule has 1 rings (SSSR count). The minimum Gasteiger partial charge on any atom is -0.388 e. The third-order valence-electron chi connectivity index (χ3n) is 2.58. The van der Waals surface area contributed by atoms with E-state index in [2.05, 4.69) is 25.3 Å². The Morgan fingerprint density at radius 3 is 2.40 bits per heavy atom. The summed E-state index contributed by atoms with van der Waals surface area (Å²) in [4.78, 5) is 1.25. The average molecular weight is 224 g/mol. The maximum atomic E-state index is 9.90. The molecule has 15 heavy (non-hydrogen) atoms. The summed E-state index contributed by atoms with van der Waals surface area (Å²) in [7, 11) is 0. The molecule has 1 unspecified atom stereocenters. The van der Waals surface area contributed by atoms with Crippen LogP contribution in [0.2, 0.25) is 0 Å². The number of aliphatic hydroxyl groups excluding tert-OH is 1. The van der Waals surface area contributed by atoms with Crippen LogP contribution in [0.5, 0.6) is 0 Å². The fraction of sp³-hybridized carbons (Fsp3) is 0.538. The van der Waals surface area contributed by atoms with Crippen molar-refractivity contribution in [1.29, 1.82) is 0 Å².